The highest BCUT2D eigenvalue weighted by molar-refractivity contribution is 9.10. The maximum Gasteiger partial charge on any atom is 0.264 e. The number of rotatable bonds is 3. The molecule has 2 rings (SSSR count). The summed E-state index contributed by atoms with van der Waals surface area (Å²) in [6.45, 7) is 0. The summed E-state index contributed by atoms with van der Waals surface area (Å²) in [5.41, 5.74) is 5.89. The summed E-state index contributed by atoms with van der Waals surface area (Å²) in [5.74, 6) is -0.869. The topological polar surface area (TPSA) is 85.1 Å². The Morgan fingerprint density at radius 1 is 1.32 bits per heavy atom. The van der Waals surface area contributed by atoms with Gasteiger partial charge in [0.1, 0.15) is 10.7 Å². The van der Waals surface area contributed by atoms with E-state index in [1.807, 2.05) is 0 Å². The predicted molar refractivity (Wildman–Crippen MR) is 73.6 cm³/mol. The van der Waals surface area contributed by atoms with Gasteiger partial charge in [0.05, 0.1) is 10.2 Å². The number of nitrogen functional groups attached to an aromatic ring is 1. The summed E-state index contributed by atoms with van der Waals surface area (Å²) in [5, 5.41) is 0. The first-order chi connectivity index (χ1) is 8.90. The van der Waals surface area contributed by atoms with Crippen molar-refractivity contribution in [2.45, 2.75) is 4.90 Å². The molecule has 0 unspecified atom stereocenters. The number of halogens is 2. The van der Waals surface area contributed by atoms with Gasteiger partial charge in [-0.15, -0.1) is 0 Å². The Labute approximate surface area is 117 Å². The van der Waals surface area contributed by atoms with E-state index in [1.165, 1.54) is 24.5 Å². The number of nitrogens with zero attached hydrogens (tertiary/aromatic N) is 1. The lowest BCUT2D eigenvalue weighted by Gasteiger charge is -2.10. The van der Waals surface area contributed by atoms with Gasteiger partial charge in [0.2, 0.25) is 0 Å². The molecule has 0 aliphatic carbocycles. The fraction of sp³-hybridized carbons (Fsp3) is 0. The Balaban J connectivity index is 2.44. The molecule has 19 heavy (non-hydrogen) atoms. The van der Waals surface area contributed by atoms with Gasteiger partial charge in [0.25, 0.3) is 10.0 Å². The van der Waals surface area contributed by atoms with E-state index in [1.54, 1.807) is 0 Å². The van der Waals surface area contributed by atoms with Crippen LogP contribution in [-0.4, -0.2) is 13.4 Å². The van der Waals surface area contributed by atoms with Crippen LogP contribution in [0.4, 0.5) is 15.8 Å². The van der Waals surface area contributed by atoms with Gasteiger partial charge >= 0.3 is 0 Å². The van der Waals surface area contributed by atoms with Crippen molar-refractivity contribution in [3.8, 4) is 0 Å². The molecule has 1 aromatic carbocycles. The maximum absolute atomic E-state index is 13.6. The number of anilines is 2. The quantitative estimate of drug-likeness (QED) is 0.836. The second-order valence-electron chi connectivity index (χ2n) is 3.65. The minimum atomic E-state index is -4.05. The van der Waals surface area contributed by atoms with Crippen molar-refractivity contribution in [3.05, 3.63) is 46.9 Å². The van der Waals surface area contributed by atoms with Gasteiger partial charge in [0.15, 0.2) is 0 Å². The lowest BCUT2D eigenvalue weighted by Crippen LogP contribution is -2.15. The first kappa shape index (κ1) is 13.8. The summed E-state index contributed by atoms with van der Waals surface area (Å²) in [7, 11) is -4.05. The fourth-order valence-electron chi connectivity index (χ4n) is 1.38. The highest BCUT2D eigenvalue weighted by Crippen LogP contribution is 2.25. The zero-order valence-electron chi connectivity index (χ0n) is 9.47. The van der Waals surface area contributed by atoms with Crippen LogP contribution in [0.3, 0.4) is 0 Å². The zero-order valence-corrected chi connectivity index (χ0v) is 11.9. The minimum Gasteiger partial charge on any atom is -0.399 e. The van der Waals surface area contributed by atoms with Crippen LogP contribution in [0.15, 0.2) is 46.0 Å². The average molecular weight is 346 g/mol. The van der Waals surface area contributed by atoms with Crippen LogP contribution in [0, 0.1) is 5.82 Å². The van der Waals surface area contributed by atoms with E-state index in [0.717, 1.165) is 12.1 Å². The predicted octanol–water partition coefficient (Wildman–Crippen LogP) is 2.37. The molecule has 100 valence electrons. The third kappa shape index (κ3) is 3.02. The Bertz CT molecular complexity index is 722. The maximum atomic E-state index is 13.6. The molecule has 0 fully saturated rings. The molecule has 5 nitrogen and oxygen atoms in total. The van der Waals surface area contributed by atoms with Crippen LogP contribution >= 0.6 is 15.9 Å². The van der Waals surface area contributed by atoms with Crippen molar-refractivity contribution in [2.24, 2.45) is 0 Å². The molecule has 0 aliphatic heterocycles. The molecule has 0 spiro atoms. The number of hydrogen-bond acceptors (Lipinski definition) is 4. The van der Waals surface area contributed by atoms with Gasteiger partial charge in [-0.25, -0.2) is 12.8 Å². The molecular weight excluding hydrogens is 337 g/mol. The first-order valence-corrected chi connectivity index (χ1v) is 7.35. The normalized spacial score (nSPS) is 11.3. The minimum absolute atomic E-state index is 0.163. The van der Waals surface area contributed by atoms with E-state index in [9.17, 15) is 12.8 Å². The Morgan fingerprint density at radius 2 is 2.05 bits per heavy atom. The molecule has 0 amide bonds. The monoisotopic (exact) mass is 345 g/mol. The third-order valence-electron chi connectivity index (χ3n) is 2.26. The molecule has 0 saturated heterocycles. The number of aromatic nitrogens is 1. The van der Waals surface area contributed by atoms with Crippen LogP contribution in [0.25, 0.3) is 0 Å². The second kappa shape index (κ2) is 5.14. The molecule has 0 aliphatic rings. The van der Waals surface area contributed by atoms with Crippen LogP contribution in [-0.2, 0) is 10.0 Å². The van der Waals surface area contributed by atoms with Gasteiger partial charge in [-0.05, 0) is 40.2 Å². The van der Waals surface area contributed by atoms with Gasteiger partial charge < -0.3 is 5.73 Å². The first-order valence-electron chi connectivity index (χ1n) is 5.07. The van der Waals surface area contributed by atoms with Gasteiger partial charge in [0, 0.05) is 18.1 Å². The van der Waals surface area contributed by atoms with Gasteiger partial charge in [-0.1, -0.05) is 0 Å². The summed E-state index contributed by atoms with van der Waals surface area (Å²) >= 11 is 3.15. The van der Waals surface area contributed by atoms with Crippen molar-refractivity contribution >= 4 is 37.3 Å². The van der Waals surface area contributed by atoms with E-state index in [2.05, 4.69) is 25.6 Å². The highest BCUT2D eigenvalue weighted by atomic mass is 79.9. The number of pyridine rings is 1. The van der Waals surface area contributed by atoms with E-state index in [4.69, 9.17) is 5.73 Å². The standard InChI is InChI=1S/C11H9BrFN3O2S/c12-8-6-15-4-3-10(8)16-19(17,18)11-5-7(14)1-2-9(11)13/h1-6H,14H2,(H,15,16). The molecule has 0 atom stereocenters. The molecule has 0 radical (unpaired) electrons. The Kier molecular flexibility index (Phi) is 3.72. The van der Waals surface area contributed by atoms with Crippen LogP contribution in [0.5, 0.6) is 0 Å². The SMILES string of the molecule is Nc1ccc(F)c(S(=O)(=O)Nc2ccncc2Br)c1. The average Bonchev–Trinajstić information content (AvgIpc) is 2.35. The van der Waals surface area contributed by atoms with Crippen LogP contribution in [0.2, 0.25) is 0 Å². The van der Waals surface area contributed by atoms with Crippen LogP contribution < -0.4 is 10.5 Å². The molecule has 3 N–H and O–H groups in total. The summed E-state index contributed by atoms with van der Waals surface area (Å²) < 4.78 is 40.4. The lowest BCUT2D eigenvalue weighted by molar-refractivity contribution is 0.570. The van der Waals surface area contributed by atoms with E-state index >= 15 is 0 Å². The smallest absolute Gasteiger partial charge is 0.264 e. The number of benzene rings is 1. The van der Waals surface area contributed by atoms with Crippen molar-refractivity contribution in [2.75, 3.05) is 10.5 Å². The third-order valence-corrected chi connectivity index (χ3v) is 4.27. The number of sulfonamides is 1. The molecule has 1 heterocycles. The van der Waals surface area contributed by atoms with E-state index < -0.39 is 20.7 Å². The number of nitrogens with one attached hydrogen (secondary N) is 1. The van der Waals surface area contributed by atoms with Gasteiger partial charge in [-0.3, -0.25) is 9.71 Å². The molecule has 8 heteroatoms. The van der Waals surface area contributed by atoms with Crippen molar-refractivity contribution < 1.29 is 12.8 Å². The Morgan fingerprint density at radius 3 is 2.74 bits per heavy atom. The van der Waals surface area contributed by atoms with Gasteiger partial charge in [-0.2, -0.15) is 0 Å². The fourth-order valence-corrected chi connectivity index (χ4v) is 3.06. The number of nitrogens with two attached hydrogens (primary N) is 1. The van der Waals surface area contributed by atoms with Crippen molar-refractivity contribution in [1.82, 2.24) is 4.98 Å². The van der Waals surface area contributed by atoms with Crippen molar-refractivity contribution in [3.63, 3.8) is 0 Å². The largest absolute Gasteiger partial charge is 0.399 e. The molecule has 0 bridgehead atoms. The van der Waals surface area contributed by atoms with E-state index in [-0.39, 0.29) is 11.4 Å². The lowest BCUT2D eigenvalue weighted by atomic mass is 10.3. The molecule has 0 saturated carbocycles. The number of hydrogen-bond donors (Lipinski definition) is 2. The summed E-state index contributed by atoms with van der Waals surface area (Å²) in [4.78, 5) is 3.30. The Hall–Kier alpha value is -1.67. The summed E-state index contributed by atoms with van der Waals surface area (Å²) in [6.07, 6.45) is 2.84. The zero-order chi connectivity index (χ0) is 14.0. The second-order valence-corrected chi connectivity index (χ2v) is 6.16. The van der Waals surface area contributed by atoms with Crippen molar-refractivity contribution in [1.29, 1.82) is 0 Å². The molecule has 1 aromatic heterocycles. The highest BCUT2D eigenvalue weighted by Gasteiger charge is 2.20. The molecule has 2 aromatic rings. The molecular formula is C11H9BrFN3O2S. The summed E-state index contributed by atoms with van der Waals surface area (Å²) in [6, 6.07) is 4.81. The van der Waals surface area contributed by atoms with Crippen LogP contribution in [0.1, 0.15) is 0 Å². The van der Waals surface area contributed by atoms with E-state index in [0.29, 0.717) is 4.47 Å².